The third-order valence-electron chi connectivity index (χ3n) is 4.95. The first-order valence-electron chi connectivity index (χ1n) is 9.44. The molecule has 0 bridgehead atoms. The van der Waals surface area contributed by atoms with Gasteiger partial charge in [-0.05, 0) is 38.3 Å². The zero-order valence-corrected chi connectivity index (χ0v) is 15.4. The number of carbonyl (C=O) groups excluding carboxylic acids is 2. The van der Waals surface area contributed by atoms with Crippen LogP contribution in [0.5, 0.6) is 0 Å². The van der Waals surface area contributed by atoms with Crippen molar-refractivity contribution >= 4 is 11.8 Å². The molecule has 7 heteroatoms. The van der Waals surface area contributed by atoms with Crippen molar-refractivity contribution in [2.45, 2.75) is 32.3 Å². The Balaban J connectivity index is 1.44. The lowest BCUT2D eigenvalue weighted by Gasteiger charge is -2.22. The van der Waals surface area contributed by atoms with Crippen LogP contribution in [0.15, 0.2) is 18.3 Å². The van der Waals surface area contributed by atoms with E-state index >= 15 is 0 Å². The van der Waals surface area contributed by atoms with Crippen molar-refractivity contribution in [2.75, 3.05) is 45.9 Å². The Morgan fingerprint density at radius 2 is 2.12 bits per heavy atom. The lowest BCUT2D eigenvalue weighted by atomic mass is 10.2. The minimum atomic E-state index is 0.0159. The molecule has 2 aliphatic heterocycles. The maximum Gasteiger partial charge on any atom is 0.255 e. The predicted octanol–water partition coefficient (Wildman–Crippen LogP) is 0.833. The molecular formula is C19H28N4O3. The van der Waals surface area contributed by atoms with Crippen molar-refractivity contribution < 1.29 is 14.3 Å². The van der Waals surface area contributed by atoms with Crippen LogP contribution in [0.2, 0.25) is 0 Å². The molecule has 142 valence electrons. The van der Waals surface area contributed by atoms with E-state index < -0.39 is 0 Å². The van der Waals surface area contributed by atoms with E-state index in [0.29, 0.717) is 38.3 Å². The Hall–Kier alpha value is -1.99. The van der Waals surface area contributed by atoms with Crippen molar-refractivity contribution in [1.29, 1.82) is 0 Å². The summed E-state index contributed by atoms with van der Waals surface area (Å²) in [5.74, 6) is 0.0465. The average Bonchev–Trinajstić information content (AvgIpc) is 3.06. The molecular weight excluding hydrogens is 332 g/mol. The first kappa shape index (κ1) is 18.8. The largest absolute Gasteiger partial charge is 0.376 e. The summed E-state index contributed by atoms with van der Waals surface area (Å²) < 4.78 is 5.53. The van der Waals surface area contributed by atoms with Gasteiger partial charge in [-0.15, -0.1) is 0 Å². The van der Waals surface area contributed by atoms with Crippen molar-refractivity contribution in [3.05, 3.63) is 29.6 Å². The SMILES string of the molecule is Cc1ccc(C(=O)N2CCCN(CC(=O)NCC3CCCO3)CC2)cn1. The van der Waals surface area contributed by atoms with Gasteiger partial charge in [0.25, 0.3) is 5.91 Å². The third-order valence-corrected chi connectivity index (χ3v) is 4.95. The van der Waals surface area contributed by atoms with Crippen LogP contribution in [0.3, 0.4) is 0 Å². The Kier molecular flexibility index (Phi) is 6.57. The van der Waals surface area contributed by atoms with Crippen LogP contribution in [0.1, 0.15) is 35.3 Å². The molecule has 2 aliphatic rings. The number of nitrogens with one attached hydrogen (secondary N) is 1. The molecule has 26 heavy (non-hydrogen) atoms. The molecule has 7 nitrogen and oxygen atoms in total. The van der Waals surface area contributed by atoms with Crippen molar-refractivity contribution in [3.63, 3.8) is 0 Å². The molecule has 1 aromatic rings. The monoisotopic (exact) mass is 360 g/mol. The van der Waals surface area contributed by atoms with Gasteiger partial charge in [0.15, 0.2) is 0 Å². The molecule has 1 aromatic heterocycles. The fourth-order valence-corrected chi connectivity index (χ4v) is 3.40. The highest BCUT2D eigenvalue weighted by Gasteiger charge is 2.22. The Morgan fingerprint density at radius 1 is 1.23 bits per heavy atom. The van der Waals surface area contributed by atoms with Crippen LogP contribution in [0.25, 0.3) is 0 Å². The number of nitrogens with zero attached hydrogens (tertiary/aromatic N) is 3. The van der Waals surface area contributed by atoms with Gasteiger partial charge >= 0.3 is 0 Å². The number of carbonyl (C=O) groups is 2. The van der Waals surface area contributed by atoms with Crippen LogP contribution < -0.4 is 5.32 Å². The zero-order valence-electron chi connectivity index (χ0n) is 15.4. The quantitative estimate of drug-likeness (QED) is 0.842. The summed E-state index contributed by atoms with van der Waals surface area (Å²) in [4.78, 5) is 32.9. The van der Waals surface area contributed by atoms with Crippen LogP contribution in [-0.4, -0.2) is 78.6 Å². The Morgan fingerprint density at radius 3 is 2.85 bits per heavy atom. The van der Waals surface area contributed by atoms with Crippen LogP contribution in [0.4, 0.5) is 0 Å². The van der Waals surface area contributed by atoms with Gasteiger partial charge in [0.05, 0.1) is 18.2 Å². The number of aryl methyl sites for hydroxylation is 1. The van der Waals surface area contributed by atoms with E-state index in [9.17, 15) is 9.59 Å². The van der Waals surface area contributed by atoms with Crippen molar-refractivity contribution in [2.24, 2.45) is 0 Å². The van der Waals surface area contributed by atoms with Gasteiger partial charge in [0.2, 0.25) is 5.91 Å². The molecule has 2 saturated heterocycles. The molecule has 0 radical (unpaired) electrons. The maximum atomic E-state index is 12.6. The maximum absolute atomic E-state index is 12.6. The summed E-state index contributed by atoms with van der Waals surface area (Å²) in [5, 5.41) is 2.96. The molecule has 3 heterocycles. The van der Waals surface area contributed by atoms with E-state index in [1.165, 1.54) is 0 Å². The second-order valence-corrected chi connectivity index (χ2v) is 7.05. The van der Waals surface area contributed by atoms with Gasteiger partial charge in [0, 0.05) is 51.2 Å². The highest BCUT2D eigenvalue weighted by atomic mass is 16.5. The lowest BCUT2D eigenvalue weighted by molar-refractivity contribution is -0.122. The van der Waals surface area contributed by atoms with Gasteiger partial charge in [-0.1, -0.05) is 0 Å². The topological polar surface area (TPSA) is 74.8 Å². The van der Waals surface area contributed by atoms with Crippen molar-refractivity contribution in [3.8, 4) is 0 Å². The number of rotatable bonds is 5. The number of aromatic nitrogens is 1. The predicted molar refractivity (Wildman–Crippen MR) is 97.9 cm³/mol. The van der Waals surface area contributed by atoms with Crippen LogP contribution >= 0.6 is 0 Å². The number of hydrogen-bond acceptors (Lipinski definition) is 5. The summed E-state index contributed by atoms with van der Waals surface area (Å²) in [6, 6.07) is 3.68. The standard InChI is InChI=1S/C19H28N4O3/c1-15-5-6-16(12-20-15)19(25)23-8-3-7-22(9-10-23)14-18(24)21-13-17-4-2-11-26-17/h5-6,12,17H,2-4,7-11,13-14H2,1H3,(H,21,24). The molecule has 0 aromatic carbocycles. The number of pyridine rings is 1. The molecule has 1 atom stereocenters. The first-order chi connectivity index (χ1) is 12.6. The fourth-order valence-electron chi connectivity index (χ4n) is 3.40. The molecule has 0 aliphatic carbocycles. The molecule has 3 rings (SSSR count). The summed E-state index contributed by atoms with van der Waals surface area (Å²) in [5.41, 5.74) is 1.52. The van der Waals surface area contributed by atoms with Crippen LogP contribution in [0, 0.1) is 6.92 Å². The van der Waals surface area contributed by atoms with Gasteiger partial charge in [-0.25, -0.2) is 0 Å². The molecule has 1 unspecified atom stereocenters. The first-order valence-corrected chi connectivity index (χ1v) is 9.44. The minimum Gasteiger partial charge on any atom is -0.376 e. The minimum absolute atomic E-state index is 0.0159. The van der Waals surface area contributed by atoms with Gasteiger partial charge in [0.1, 0.15) is 0 Å². The second-order valence-electron chi connectivity index (χ2n) is 7.05. The Bertz CT molecular complexity index is 614. The molecule has 0 spiro atoms. The van der Waals surface area contributed by atoms with Gasteiger partial charge < -0.3 is 15.0 Å². The highest BCUT2D eigenvalue weighted by molar-refractivity contribution is 5.94. The molecule has 0 saturated carbocycles. The lowest BCUT2D eigenvalue weighted by Crippen LogP contribution is -2.42. The average molecular weight is 360 g/mol. The summed E-state index contributed by atoms with van der Waals surface area (Å²) in [6.45, 7) is 6.54. The third kappa shape index (κ3) is 5.25. The normalized spacial score (nSPS) is 21.4. The molecule has 1 N–H and O–H groups in total. The molecule has 2 amide bonds. The smallest absolute Gasteiger partial charge is 0.255 e. The summed E-state index contributed by atoms with van der Waals surface area (Å²) in [6.07, 6.45) is 4.77. The number of amides is 2. The van der Waals surface area contributed by atoms with E-state index in [-0.39, 0.29) is 17.9 Å². The van der Waals surface area contributed by atoms with Crippen molar-refractivity contribution in [1.82, 2.24) is 20.1 Å². The second kappa shape index (κ2) is 9.09. The highest BCUT2D eigenvalue weighted by Crippen LogP contribution is 2.11. The Labute approximate surface area is 154 Å². The molecule has 2 fully saturated rings. The summed E-state index contributed by atoms with van der Waals surface area (Å²) >= 11 is 0. The fraction of sp³-hybridized carbons (Fsp3) is 0.632. The van der Waals surface area contributed by atoms with E-state index in [0.717, 1.165) is 38.1 Å². The van der Waals surface area contributed by atoms with E-state index in [2.05, 4.69) is 15.2 Å². The zero-order chi connectivity index (χ0) is 18.4. The van der Waals surface area contributed by atoms with Gasteiger partial charge in [-0.2, -0.15) is 0 Å². The van der Waals surface area contributed by atoms with E-state index in [1.807, 2.05) is 24.0 Å². The number of hydrogen-bond donors (Lipinski definition) is 1. The van der Waals surface area contributed by atoms with E-state index in [4.69, 9.17) is 4.74 Å². The van der Waals surface area contributed by atoms with Crippen LogP contribution in [-0.2, 0) is 9.53 Å². The number of ether oxygens (including phenoxy) is 1. The van der Waals surface area contributed by atoms with Gasteiger partial charge in [-0.3, -0.25) is 19.5 Å². The van der Waals surface area contributed by atoms with E-state index in [1.54, 1.807) is 6.20 Å². The summed E-state index contributed by atoms with van der Waals surface area (Å²) in [7, 11) is 0.